The summed E-state index contributed by atoms with van der Waals surface area (Å²) >= 11 is 0. The van der Waals surface area contributed by atoms with Gasteiger partial charge < -0.3 is 29.8 Å². The normalized spacial score (nSPS) is 25.7. The molecule has 2 aromatic heterocycles. The molecule has 2 saturated heterocycles. The number of aliphatic hydroxyl groups is 1. The summed E-state index contributed by atoms with van der Waals surface area (Å²) < 4.78 is 25.8. The lowest BCUT2D eigenvalue weighted by Crippen LogP contribution is -2.49. The van der Waals surface area contributed by atoms with Crippen LogP contribution in [0.1, 0.15) is 57.6 Å². The third-order valence-electron chi connectivity index (χ3n) is 7.99. The summed E-state index contributed by atoms with van der Waals surface area (Å²) in [5.74, 6) is 0.557. The molecule has 1 aromatic carbocycles. The second-order valence-electron chi connectivity index (χ2n) is 11.3. The van der Waals surface area contributed by atoms with Crippen molar-refractivity contribution in [2.24, 2.45) is 5.41 Å². The number of likely N-dealkylation sites (tertiary alicyclic amines) is 1. The lowest BCUT2D eigenvalue weighted by molar-refractivity contribution is -0.234. The summed E-state index contributed by atoms with van der Waals surface area (Å²) in [6, 6.07) is 8.28. The molecule has 11 heteroatoms. The molecule has 6 rings (SSSR count). The molecule has 1 unspecified atom stereocenters. The molecule has 40 heavy (non-hydrogen) atoms. The Labute approximate surface area is 232 Å². The number of H-pyrrole nitrogens is 1. The molecule has 3 aliphatic rings. The van der Waals surface area contributed by atoms with Crippen molar-refractivity contribution >= 4 is 11.9 Å². The standard InChI is InChI=1S/C29H35FN6O4/c1-29(27(38)36-14-12-21(37)15-36)16-39-26(40-17-29)25-34-23(18-7-9-19(30)10-8-18)24(35-25)22-11-13-31-28(33-22)32-20-5-3-2-4-6-20/h7-11,13,20-21,26,37H,2-6,12,14-17H2,1H3,(H,34,35)(H,31,32,33). The summed E-state index contributed by atoms with van der Waals surface area (Å²) in [4.78, 5) is 32.1. The van der Waals surface area contributed by atoms with Crippen LogP contribution in [0.25, 0.3) is 22.6 Å². The van der Waals surface area contributed by atoms with Gasteiger partial charge in [0.25, 0.3) is 0 Å². The van der Waals surface area contributed by atoms with Crippen molar-refractivity contribution in [3.05, 3.63) is 48.2 Å². The van der Waals surface area contributed by atoms with Crippen molar-refractivity contribution in [2.45, 2.75) is 63.9 Å². The number of hydrogen-bond acceptors (Lipinski definition) is 8. The highest BCUT2D eigenvalue weighted by atomic mass is 19.1. The number of amides is 1. The van der Waals surface area contributed by atoms with Gasteiger partial charge in [0, 0.05) is 30.9 Å². The van der Waals surface area contributed by atoms with Crippen molar-refractivity contribution < 1.29 is 23.8 Å². The molecular formula is C29H35FN6O4. The molecular weight excluding hydrogens is 515 g/mol. The van der Waals surface area contributed by atoms with Gasteiger partial charge in [-0.1, -0.05) is 19.3 Å². The summed E-state index contributed by atoms with van der Waals surface area (Å²) in [7, 11) is 0. The maximum atomic E-state index is 13.7. The minimum absolute atomic E-state index is 0.0892. The fraction of sp³-hybridized carbons (Fsp3) is 0.517. The Morgan fingerprint density at radius 2 is 1.85 bits per heavy atom. The number of β-amino-alcohol motifs (C(OH)–C–C–N with tert-alkyl or cyclic N) is 1. The zero-order chi connectivity index (χ0) is 27.7. The number of aromatic nitrogens is 4. The monoisotopic (exact) mass is 550 g/mol. The van der Waals surface area contributed by atoms with Gasteiger partial charge in [-0.05, 0) is 56.5 Å². The van der Waals surface area contributed by atoms with E-state index in [0.29, 0.717) is 60.0 Å². The molecule has 1 atom stereocenters. The molecule has 1 amide bonds. The van der Waals surface area contributed by atoms with E-state index >= 15 is 0 Å². The van der Waals surface area contributed by atoms with Gasteiger partial charge in [-0.2, -0.15) is 0 Å². The van der Waals surface area contributed by atoms with Crippen molar-refractivity contribution in [1.29, 1.82) is 0 Å². The average molecular weight is 551 g/mol. The average Bonchev–Trinajstić information content (AvgIpc) is 3.61. The third-order valence-corrected chi connectivity index (χ3v) is 7.99. The topological polar surface area (TPSA) is 125 Å². The number of ether oxygens (including phenoxy) is 2. The van der Waals surface area contributed by atoms with Gasteiger partial charge in [-0.3, -0.25) is 4.79 Å². The molecule has 3 fully saturated rings. The van der Waals surface area contributed by atoms with Crippen LogP contribution in [0.15, 0.2) is 36.5 Å². The van der Waals surface area contributed by atoms with E-state index in [4.69, 9.17) is 19.4 Å². The van der Waals surface area contributed by atoms with E-state index in [9.17, 15) is 14.3 Å². The first-order valence-electron chi connectivity index (χ1n) is 14.0. The SMILES string of the molecule is CC1(C(=O)N2CCC(O)C2)COC(c2nc(-c3ccc(F)cc3)c(-c3ccnc(NC4CCCCC4)n3)[nH]2)OC1. The van der Waals surface area contributed by atoms with E-state index < -0.39 is 17.8 Å². The number of rotatable bonds is 6. The van der Waals surface area contributed by atoms with Crippen LogP contribution in [0.3, 0.4) is 0 Å². The highest BCUT2D eigenvalue weighted by Crippen LogP contribution is 2.37. The molecule has 2 aliphatic heterocycles. The Bertz CT molecular complexity index is 1330. The molecule has 0 bridgehead atoms. The largest absolute Gasteiger partial charge is 0.391 e. The van der Waals surface area contributed by atoms with Crippen molar-refractivity contribution in [3.8, 4) is 22.6 Å². The van der Waals surface area contributed by atoms with Crippen LogP contribution in [-0.4, -0.2) is 74.3 Å². The highest BCUT2D eigenvalue weighted by Gasteiger charge is 2.44. The fourth-order valence-electron chi connectivity index (χ4n) is 5.70. The second kappa shape index (κ2) is 11.2. The number of benzene rings is 1. The number of carbonyl (C=O) groups is 1. The fourth-order valence-corrected chi connectivity index (χ4v) is 5.70. The molecule has 1 aliphatic carbocycles. The van der Waals surface area contributed by atoms with Crippen LogP contribution in [0.2, 0.25) is 0 Å². The Kier molecular flexibility index (Phi) is 7.52. The van der Waals surface area contributed by atoms with Crippen LogP contribution in [0.4, 0.5) is 10.3 Å². The quantitative estimate of drug-likeness (QED) is 0.420. The van der Waals surface area contributed by atoms with Crippen LogP contribution < -0.4 is 5.32 Å². The third kappa shape index (κ3) is 5.59. The van der Waals surface area contributed by atoms with Gasteiger partial charge in [0.05, 0.1) is 41.8 Å². The van der Waals surface area contributed by atoms with Crippen molar-refractivity contribution in [3.63, 3.8) is 0 Å². The maximum absolute atomic E-state index is 13.7. The first-order valence-corrected chi connectivity index (χ1v) is 14.0. The minimum Gasteiger partial charge on any atom is -0.391 e. The number of hydrogen-bond donors (Lipinski definition) is 3. The molecule has 10 nitrogen and oxygen atoms in total. The first-order chi connectivity index (χ1) is 19.4. The number of anilines is 1. The van der Waals surface area contributed by atoms with Gasteiger partial charge in [0.2, 0.25) is 18.1 Å². The van der Waals surface area contributed by atoms with Crippen molar-refractivity contribution in [1.82, 2.24) is 24.8 Å². The molecule has 0 spiro atoms. The predicted octanol–water partition coefficient (Wildman–Crippen LogP) is 4.06. The van der Waals surface area contributed by atoms with Gasteiger partial charge in [-0.25, -0.2) is 19.3 Å². The lowest BCUT2D eigenvalue weighted by atomic mass is 9.90. The van der Waals surface area contributed by atoms with Gasteiger partial charge in [0.15, 0.2) is 5.82 Å². The maximum Gasteiger partial charge on any atom is 0.233 e. The number of imidazole rings is 1. The predicted molar refractivity (Wildman–Crippen MR) is 145 cm³/mol. The zero-order valence-corrected chi connectivity index (χ0v) is 22.6. The Morgan fingerprint density at radius 1 is 1.10 bits per heavy atom. The van der Waals surface area contributed by atoms with E-state index in [1.54, 1.807) is 29.3 Å². The Hall–Kier alpha value is -3.41. The molecule has 3 N–H and O–H groups in total. The lowest BCUT2D eigenvalue weighted by Gasteiger charge is -2.37. The molecule has 212 valence electrons. The number of nitrogens with one attached hydrogen (secondary N) is 2. The number of aliphatic hydroxyl groups excluding tert-OH is 1. The van der Waals surface area contributed by atoms with Crippen LogP contribution in [0.5, 0.6) is 0 Å². The molecule has 0 radical (unpaired) electrons. The van der Waals surface area contributed by atoms with E-state index in [-0.39, 0.29) is 24.9 Å². The van der Waals surface area contributed by atoms with Crippen molar-refractivity contribution in [2.75, 3.05) is 31.6 Å². The smallest absolute Gasteiger partial charge is 0.233 e. The first kappa shape index (κ1) is 26.8. The minimum atomic E-state index is -0.859. The second-order valence-corrected chi connectivity index (χ2v) is 11.3. The highest BCUT2D eigenvalue weighted by molar-refractivity contribution is 5.83. The summed E-state index contributed by atoms with van der Waals surface area (Å²) in [5, 5.41) is 13.3. The number of carbonyl (C=O) groups excluding carboxylic acids is 1. The summed E-state index contributed by atoms with van der Waals surface area (Å²) in [6.07, 6.45) is 6.83. The van der Waals surface area contributed by atoms with Gasteiger partial charge in [0.1, 0.15) is 5.82 Å². The zero-order valence-electron chi connectivity index (χ0n) is 22.6. The molecule has 4 heterocycles. The van der Waals surface area contributed by atoms with E-state index in [0.717, 1.165) is 12.8 Å². The number of aromatic amines is 1. The van der Waals surface area contributed by atoms with Crippen LogP contribution >= 0.6 is 0 Å². The van der Waals surface area contributed by atoms with E-state index in [2.05, 4.69) is 15.3 Å². The Balaban J connectivity index is 1.25. The molecule has 1 saturated carbocycles. The van der Waals surface area contributed by atoms with Gasteiger partial charge in [-0.15, -0.1) is 0 Å². The van der Waals surface area contributed by atoms with Gasteiger partial charge >= 0.3 is 0 Å². The number of halogens is 1. The summed E-state index contributed by atoms with van der Waals surface area (Å²) in [6.45, 7) is 2.96. The number of nitrogens with zero attached hydrogens (tertiary/aromatic N) is 4. The molecule has 3 aromatic rings. The van der Waals surface area contributed by atoms with Crippen LogP contribution in [0, 0.1) is 11.2 Å². The van der Waals surface area contributed by atoms with E-state index in [1.165, 1.54) is 31.4 Å². The Morgan fingerprint density at radius 3 is 2.55 bits per heavy atom. The van der Waals surface area contributed by atoms with Crippen LogP contribution in [-0.2, 0) is 14.3 Å². The van der Waals surface area contributed by atoms with E-state index in [1.807, 2.05) is 6.92 Å². The summed E-state index contributed by atoms with van der Waals surface area (Å²) in [5.41, 5.74) is 1.71.